The second-order valence-corrected chi connectivity index (χ2v) is 7.68. The van der Waals surface area contributed by atoms with Crippen LogP contribution in [0, 0.1) is 10.1 Å². The van der Waals surface area contributed by atoms with E-state index < -0.39 is 13.2 Å². The summed E-state index contributed by atoms with van der Waals surface area (Å²) in [5, 5.41) is 13.2. The second kappa shape index (κ2) is 6.43. The van der Waals surface area contributed by atoms with Gasteiger partial charge in [0.15, 0.2) is 8.30 Å². The molecule has 3 unspecified atom stereocenters. The quantitative estimate of drug-likeness (QED) is 0.277. The molecule has 5 nitrogen and oxygen atoms in total. The molecule has 1 aliphatic rings. The molecular formula is C19H17N2O3P. The highest BCUT2D eigenvalue weighted by molar-refractivity contribution is 7.49. The van der Waals surface area contributed by atoms with Crippen molar-refractivity contribution in [1.82, 2.24) is 4.67 Å². The molecule has 0 radical (unpaired) electrons. The Labute approximate surface area is 146 Å². The zero-order valence-corrected chi connectivity index (χ0v) is 14.6. The van der Waals surface area contributed by atoms with Crippen LogP contribution in [-0.4, -0.2) is 22.8 Å². The van der Waals surface area contributed by atoms with E-state index in [4.69, 9.17) is 4.52 Å². The van der Waals surface area contributed by atoms with E-state index in [1.807, 2.05) is 0 Å². The van der Waals surface area contributed by atoms with Crippen LogP contribution in [0.4, 0.5) is 5.69 Å². The number of hydrogen-bond donors (Lipinski definition) is 0. The minimum Gasteiger partial charge on any atom is -0.458 e. The molecule has 25 heavy (non-hydrogen) atoms. The first-order chi connectivity index (χ1) is 12.1. The van der Waals surface area contributed by atoms with Crippen molar-refractivity contribution in [3.8, 4) is 5.75 Å². The van der Waals surface area contributed by atoms with E-state index in [1.54, 1.807) is 12.1 Å². The monoisotopic (exact) mass is 352 g/mol. The maximum atomic E-state index is 10.7. The standard InChI is InChI=1S/C19H17N2O3P/c1-25(24-18-10-8-17(9-11-18)21(22)23)20-13-19(20)16-7-6-14-4-2-3-5-15(14)12-16/h2-12,19H,13H2,1H3. The molecule has 0 bridgehead atoms. The molecule has 0 amide bonds. The Bertz CT molecular complexity index is 929. The maximum Gasteiger partial charge on any atom is 0.269 e. The lowest BCUT2D eigenvalue weighted by molar-refractivity contribution is -0.384. The van der Waals surface area contributed by atoms with Crippen molar-refractivity contribution in [3.05, 3.63) is 82.4 Å². The van der Waals surface area contributed by atoms with Crippen molar-refractivity contribution in [2.75, 3.05) is 13.2 Å². The summed E-state index contributed by atoms with van der Waals surface area (Å²) in [7, 11) is -0.772. The first kappa shape index (κ1) is 16.0. The van der Waals surface area contributed by atoms with Crippen molar-refractivity contribution in [2.24, 2.45) is 0 Å². The summed E-state index contributed by atoms with van der Waals surface area (Å²) in [5.41, 5.74) is 1.38. The van der Waals surface area contributed by atoms with Gasteiger partial charge in [0, 0.05) is 25.3 Å². The average Bonchev–Trinajstić information content (AvgIpc) is 3.43. The SMILES string of the molecule is CP(Oc1ccc([N+](=O)[O-])cc1)N1CC1c1ccc2ccccc2c1. The van der Waals surface area contributed by atoms with Crippen LogP contribution in [0.3, 0.4) is 0 Å². The molecule has 0 aromatic heterocycles. The van der Waals surface area contributed by atoms with Gasteiger partial charge >= 0.3 is 0 Å². The number of benzene rings is 3. The fraction of sp³-hybridized carbons (Fsp3) is 0.158. The molecule has 0 spiro atoms. The van der Waals surface area contributed by atoms with Crippen LogP contribution in [0.15, 0.2) is 66.7 Å². The number of rotatable bonds is 5. The second-order valence-electron chi connectivity index (χ2n) is 6.05. The van der Waals surface area contributed by atoms with Crippen LogP contribution in [0.2, 0.25) is 0 Å². The van der Waals surface area contributed by atoms with E-state index in [9.17, 15) is 10.1 Å². The number of nitro groups is 1. The topological polar surface area (TPSA) is 55.4 Å². The van der Waals surface area contributed by atoms with Gasteiger partial charge in [-0.05, 0) is 34.5 Å². The Kier molecular flexibility index (Phi) is 4.12. The van der Waals surface area contributed by atoms with E-state index in [0.717, 1.165) is 6.54 Å². The van der Waals surface area contributed by atoms with Gasteiger partial charge in [0.2, 0.25) is 0 Å². The number of non-ortho nitro benzene ring substituents is 1. The highest BCUT2D eigenvalue weighted by Gasteiger charge is 2.41. The number of fused-ring (bicyclic) bond motifs is 1. The first-order valence-electron chi connectivity index (χ1n) is 8.03. The van der Waals surface area contributed by atoms with E-state index in [1.165, 1.54) is 28.5 Å². The summed E-state index contributed by atoms with van der Waals surface area (Å²) in [6.07, 6.45) is 0. The van der Waals surface area contributed by atoms with E-state index in [2.05, 4.69) is 53.8 Å². The molecule has 3 aromatic carbocycles. The summed E-state index contributed by atoms with van der Waals surface area (Å²) in [5.74, 6) is 0.670. The van der Waals surface area contributed by atoms with Gasteiger partial charge < -0.3 is 4.52 Å². The molecule has 6 heteroatoms. The minimum atomic E-state index is -0.772. The summed E-state index contributed by atoms with van der Waals surface area (Å²) in [6, 6.07) is 21.6. The Morgan fingerprint density at radius 3 is 2.52 bits per heavy atom. The molecule has 3 aromatic rings. The predicted molar refractivity (Wildman–Crippen MR) is 100.0 cm³/mol. The molecule has 1 heterocycles. The lowest BCUT2D eigenvalue weighted by Crippen LogP contribution is -1.97. The van der Waals surface area contributed by atoms with Gasteiger partial charge in [0.25, 0.3) is 5.69 Å². The van der Waals surface area contributed by atoms with Gasteiger partial charge in [-0.3, -0.25) is 10.1 Å². The molecular weight excluding hydrogens is 335 g/mol. The van der Waals surface area contributed by atoms with Crippen LogP contribution in [0.5, 0.6) is 5.75 Å². The molecule has 1 fully saturated rings. The van der Waals surface area contributed by atoms with E-state index in [0.29, 0.717) is 11.8 Å². The largest absolute Gasteiger partial charge is 0.458 e. The Morgan fingerprint density at radius 2 is 1.80 bits per heavy atom. The zero-order chi connectivity index (χ0) is 17.4. The van der Waals surface area contributed by atoms with Crippen molar-refractivity contribution in [1.29, 1.82) is 0 Å². The van der Waals surface area contributed by atoms with Crippen LogP contribution >= 0.6 is 8.30 Å². The summed E-state index contributed by atoms with van der Waals surface area (Å²) in [4.78, 5) is 10.3. The molecule has 1 saturated heterocycles. The zero-order valence-electron chi connectivity index (χ0n) is 13.7. The van der Waals surface area contributed by atoms with Crippen molar-refractivity contribution in [2.45, 2.75) is 6.04 Å². The highest BCUT2D eigenvalue weighted by atomic mass is 31.2. The smallest absolute Gasteiger partial charge is 0.269 e. The van der Waals surface area contributed by atoms with Crippen LogP contribution in [-0.2, 0) is 0 Å². The van der Waals surface area contributed by atoms with Gasteiger partial charge in [-0.15, -0.1) is 0 Å². The third kappa shape index (κ3) is 3.34. The number of nitro benzene ring substituents is 1. The Hall–Kier alpha value is -2.49. The van der Waals surface area contributed by atoms with Gasteiger partial charge in [0.05, 0.1) is 11.0 Å². The molecule has 0 N–H and O–H groups in total. The lowest BCUT2D eigenvalue weighted by atomic mass is 10.1. The lowest BCUT2D eigenvalue weighted by Gasteiger charge is -2.15. The Balaban J connectivity index is 1.43. The normalized spacial score (nSPS) is 20.2. The van der Waals surface area contributed by atoms with Crippen molar-refractivity contribution >= 4 is 24.8 Å². The maximum absolute atomic E-state index is 10.7. The van der Waals surface area contributed by atoms with Gasteiger partial charge in [-0.2, -0.15) is 0 Å². The van der Waals surface area contributed by atoms with E-state index >= 15 is 0 Å². The number of nitrogens with zero attached hydrogens (tertiary/aromatic N) is 2. The van der Waals surface area contributed by atoms with E-state index in [-0.39, 0.29) is 5.69 Å². The fourth-order valence-electron chi connectivity index (χ4n) is 2.97. The number of hydrogen-bond acceptors (Lipinski definition) is 4. The van der Waals surface area contributed by atoms with Crippen LogP contribution in [0.25, 0.3) is 10.8 Å². The van der Waals surface area contributed by atoms with Gasteiger partial charge in [0.1, 0.15) is 5.75 Å². The third-order valence-electron chi connectivity index (χ3n) is 4.39. The third-order valence-corrected chi connectivity index (χ3v) is 6.03. The molecule has 4 rings (SSSR count). The summed E-state index contributed by atoms with van der Waals surface area (Å²) in [6.45, 7) is 3.05. The molecule has 126 valence electrons. The van der Waals surface area contributed by atoms with Crippen LogP contribution < -0.4 is 4.52 Å². The Morgan fingerprint density at radius 1 is 1.08 bits per heavy atom. The first-order valence-corrected chi connectivity index (χ1v) is 9.69. The highest BCUT2D eigenvalue weighted by Crippen LogP contribution is 2.54. The van der Waals surface area contributed by atoms with Gasteiger partial charge in [-0.25, -0.2) is 4.67 Å². The fourth-order valence-corrected chi connectivity index (χ4v) is 4.41. The molecule has 3 atom stereocenters. The minimum absolute atomic E-state index is 0.0774. The summed E-state index contributed by atoms with van der Waals surface area (Å²) < 4.78 is 8.30. The van der Waals surface area contributed by atoms with Crippen molar-refractivity contribution in [3.63, 3.8) is 0 Å². The van der Waals surface area contributed by atoms with Crippen molar-refractivity contribution < 1.29 is 9.45 Å². The molecule has 0 saturated carbocycles. The molecule has 1 aliphatic heterocycles. The molecule has 0 aliphatic carbocycles. The average molecular weight is 352 g/mol. The summed E-state index contributed by atoms with van der Waals surface area (Å²) >= 11 is 0. The van der Waals surface area contributed by atoms with Crippen LogP contribution in [0.1, 0.15) is 11.6 Å². The predicted octanol–water partition coefficient (Wildman–Crippen LogP) is 5.13. The van der Waals surface area contributed by atoms with Gasteiger partial charge in [-0.1, -0.05) is 36.4 Å².